The van der Waals surface area contributed by atoms with Crippen molar-refractivity contribution < 1.29 is 45.8 Å². The third kappa shape index (κ3) is 5.72. The van der Waals surface area contributed by atoms with E-state index in [0.717, 1.165) is 4.90 Å². The molecule has 34 heavy (non-hydrogen) atoms. The number of halogens is 6. The van der Waals surface area contributed by atoms with Gasteiger partial charge < -0.3 is 20.1 Å². The summed E-state index contributed by atoms with van der Waals surface area (Å²) in [5.41, 5.74) is -3.37. The van der Waals surface area contributed by atoms with Crippen molar-refractivity contribution in [2.75, 3.05) is 20.2 Å². The summed E-state index contributed by atoms with van der Waals surface area (Å²) in [5, 5.41) is 11.9. The molecule has 0 saturated carbocycles. The van der Waals surface area contributed by atoms with Crippen LogP contribution >= 0.6 is 0 Å². The monoisotopic (exact) mass is 490 g/mol. The third-order valence-corrected chi connectivity index (χ3v) is 5.59. The highest BCUT2D eigenvalue weighted by Gasteiger charge is 2.38. The van der Waals surface area contributed by atoms with Crippen molar-refractivity contribution in [3.63, 3.8) is 0 Å². The minimum absolute atomic E-state index is 0.0248. The lowest BCUT2D eigenvalue weighted by atomic mass is 9.85. The number of carbonyl (C=O) groups excluding carboxylic acids is 1. The first-order valence-corrected chi connectivity index (χ1v) is 10.0. The van der Waals surface area contributed by atoms with E-state index in [1.807, 2.05) is 0 Å². The first-order chi connectivity index (χ1) is 15.8. The summed E-state index contributed by atoms with van der Waals surface area (Å²) < 4.78 is 84.0. The van der Waals surface area contributed by atoms with E-state index in [4.69, 9.17) is 4.74 Å². The van der Waals surface area contributed by atoms with Gasteiger partial charge >= 0.3 is 18.4 Å². The van der Waals surface area contributed by atoms with Crippen LogP contribution < -0.4 is 10.1 Å². The number of piperidine rings is 1. The van der Waals surface area contributed by atoms with E-state index in [1.54, 1.807) is 24.3 Å². The van der Waals surface area contributed by atoms with E-state index in [2.05, 4.69) is 5.32 Å². The molecule has 184 valence electrons. The summed E-state index contributed by atoms with van der Waals surface area (Å²) in [6.07, 6.45) is -11.3. The molecule has 3 rings (SSSR count). The molecule has 2 amide bonds. The van der Waals surface area contributed by atoms with E-state index >= 15 is 0 Å². The molecule has 6 nitrogen and oxygen atoms in total. The number of alkyl halides is 6. The van der Waals surface area contributed by atoms with Crippen LogP contribution in [-0.2, 0) is 12.4 Å². The molecule has 0 aromatic heterocycles. The predicted octanol–water partition coefficient (Wildman–Crippen LogP) is 5.00. The highest BCUT2D eigenvalue weighted by Crippen LogP contribution is 2.36. The molecule has 0 spiro atoms. The molecule has 2 N–H and O–H groups in total. The Morgan fingerprint density at radius 2 is 1.56 bits per heavy atom. The average molecular weight is 490 g/mol. The lowest BCUT2D eigenvalue weighted by Gasteiger charge is -2.38. The Balaban J connectivity index is 1.92. The van der Waals surface area contributed by atoms with E-state index < -0.39 is 53.0 Å². The maximum Gasteiger partial charge on any atom is 0.416 e. The van der Waals surface area contributed by atoms with Crippen molar-refractivity contribution in [3.8, 4) is 5.75 Å². The van der Waals surface area contributed by atoms with Gasteiger partial charge in [0.15, 0.2) is 0 Å². The van der Waals surface area contributed by atoms with Crippen LogP contribution in [0.25, 0.3) is 0 Å². The molecule has 0 radical (unpaired) electrons. The SMILES string of the molecule is COc1ccc(C2CN(C(=O)O)CCC2NC(=O)c2cc(C(F)(F)F)cc(C(F)(F)F)c2)cc1. The molecule has 2 aromatic carbocycles. The van der Waals surface area contributed by atoms with Crippen molar-refractivity contribution in [1.82, 2.24) is 10.2 Å². The van der Waals surface area contributed by atoms with Gasteiger partial charge in [0.05, 0.1) is 18.2 Å². The van der Waals surface area contributed by atoms with E-state index in [0.29, 0.717) is 23.4 Å². The number of carbonyl (C=O) groups is 2. The van der Waals surface area contributed by atoms with Gasteiger partial charge in [-0.2, -0.15) is 26.3 Å². The van der Waals surface area contributed by atoms with Crippen LogP contribution in [0.4, 0.5) is 31.1 Å². The smallest absolute Gasteiger partial charge is 0.416 e. The highest BCUT2D eigenvalue weighted by molar-refractivity contribution is 5.95. The number of ether oxygens (including phenoxy) is 1. The summed E-state index contributed by atoms with van der Waals surface area (Å²) in [6, 6.07) is 6.48. The molecule has 2 aromatic rings. The summed E-state index contributed by atoms with van der Waals surface area (Å²) in [7, 11) is 1.45. The highest BCUT2D eigenvalue weighted by atomic mass is 19.4. The van der Waals surface area contributed by atoms with Gasteiger partial charge in [0.1, 0.15) is 5.75 Å². The Morgan fingerprint density at radius 3 is 2.03 bits per heavy atom. The molecule has 1 aliphatic rings. The predicted molar refractivity (Wildman–Crippen MR) is 108 cm³/mol. The van der Waals surface area contributed by atoms with E-state index in [-0.39, 0.29) is 25.6 Å². The quantitative estimate of drug-likeness (QED) is 0.592. The lowest BCUT2D eigenvalue weighted by Crippen LogP contribution is -2.51. The Hall–Kier alpha value is -3.44. The number of benzene rings is 2. The summed E-state index contributed by atoms with van der Waals surface area (Å²) in [6.45, 7) is 0.00628. The van der Waals surface area contributed by atoms with Crippen LogP contribution in [0.2, 0.25) is 0 Å². The van der Waals surface area contributed by atoms with Crippen molar-refractivity contribution in [2.45, 2.75) is 30.7 Å². The minimum atomic E-state index is -5.09. The zero-order valence-electron chi connectivity index (χ0n) is 17.7. The molecule has 1 aliphatic heterocycles. The standard InChI is InChI=1S/C22H20F6N2O4/c1-34-16-4-2-12(3-5-16)17-11-30(20(32)33)7-6-18(17)29-19(31)13-8-14(21(23,24)25)10-15(9-13)22(26,27)28/h2-5,8-10,17-18H,6-7,11H2,1H3,(H,29,31)(H,32,33). The van der Waals surface area contributed by atoms with Crippen LogP contribution in [0.1, 0.15) is 39.4 Å². The van der Waals surface area contributed by atoms with Crippen LogP contribution in [0.5, 0.6) is 5.75 Å². The zero-order valence-corrected chi connectivity index (χ0v) is 17.7. The fourth-order valence-corrected chi connectivity index (χ4v) is 3.83. The molecule has 1 saturated heterocycles. The molecule has 0 aliphatic carbocycles. The van der Waals surface area contributed by atoms with Crippen molar-refractivity contribution in [2.24, 2.45) is 0 Å². The lowest BCUT2D eigenvalue weighted by molar-refractivity contribution is -0.143. The Bertz CT molecular complexity index is 1020. The summed E-state index contributed by atoms with van der Waals surface area (Å²) >= 11 is 0. The number of hydrogen-bond acceptors (Lipinski definition) is 3. The van der Waals surface area contributed by atoms with Gasteiger partial charge in [0.2, 0.25) is 0 Å². The van der Waals surface area contributed by atoms with Gasteiger partial charge in [-0.25, -0.2) is 4.79 Å². The molecular weight excluding hydrogens is 470 g/mol. The van der Waals surface area contributed by atoms with Gasteiger partial charge in [-0.05, 0) is 42.3 Å². The van der Waals surface area contributed by atoms with Gasteiger partial charge in [0.25, 0.3) is 5.91 Å². The fraction of sp³-hybridized carbons (Fsp3) is 0.364. The largest absolute Gasteiger partial charge is 0.497 e. The second-order valence-corrected chi connectivity index (χ2v) is 7.77. The minimum Gasteiger partial charge on any atom is -0.497 e. The van der Waals surface area contributed by atoms with Gasteiger partial charge in [0, 0.05) is 30.6 Å². The number of carboxylic acid groups (broad SMARTS) is 1. The Labute approximate surface area is 190 Å². The van der Waals surface area contributed by atoms with Crippen molar-refractivity contribution in [1.29, 1.82) is 0 Å². The molecule has 1 heterocycles. The zero-order chi connectivity index (χ0) is 25.3. The molecule has 2 atom stereocenters. The normalized spacial score (nSPS) is 19.0. The van der Waals surface area contributed by atoms with Gasteiger partial charge in [-0.15, -0.1) is 0 Å². The van der Waals surface area contributed by atoms with E-state index in [9.17, 15) is 41.0 Å². The second-order valence-electron chi connectivity index (χ2n) is 7.77. The first-order valence-electron chi connectivity index (χ1n) is 10.0. The van der Waals surface area contributed by atoms with Crippen molar-refractivity contribution in [3.05, 3.63) is 64.7 Å². The topological polar surface area (TPSA) is 78.9 Å². The first kappa shape index (κ1) is 25.2. The number of likely N-dealkylation sites (tertiary alicyclic amines) is 1. The maximum atomic E-state index is 13.2. The second kappa shape index (κ2) is 9.43. The molecule has 2 unspecified atom stereocenters. The van der Waals surface area contributed by atoms with Gasteiger partial charge in [-0.3, -0.25) is 4.79 Å². The van der Waals surface area contributed by atoms with Gasteiger partial charge in [-0.1, -0.05) is 12.1 Å². The fourth-order valence-electron chi connectivity index (χ4n) is 3.83. The summed E-state index contributed by atoms with van der Waals surface area (Å²) in [5.74, 6) is -1.18. The number of hydrogen-bond donors (Lipinski definition) is 2. The number of rotatable bonds is 4. The number of nitrogens with zero attached hydrogens (tertiary/aromatic N) is 1. The molecule has 0 bridgehead atoms. The van der Waals surface area contributed by atoms with Crippen LogP contribution in [0, 0.1) is 0 Å². The average Bonchev–Trinajstić information content (AvgIpc) is 2.77. The number of methoxy groups -OCH3 is 1. The summed E-state index contributed by atoms with van der Waals surface area (Å²) in [4.78, 5) is 25.3. The maximum absolute atomic E-state index is 13.2. The molecule has 1 fully saturated rings. The number of amides is 2. The molecule has 12 heteroatoms. The van der Waals surface area contributed by atoms with Crippen molar-refractivity contribution >= 4 is 12.0 Å². The van der Waals surface area contributed by atoms with E-state index in [1.165, 1.54) is 7.11 Å². The van der Waals surface area contributed by atoms with Crippen LogP contribution in [0.15, 0.2) is 42.5 Å². The Kier molecular flexibility index (Phi) is 6.99. The van der Waals surface area contributed by atoms with Crippen LogP contribution in [-0.4, -0.2) is 48.2 Å². The number of nitrogens with one attached hydrogen (secondary N) is 1. The Morgan fingerprint density at radius 1 is 1.00 bits per heavy atom. The van der Waals surface area contributed by atoms with Crippen LogP contribution in [0.3, 0.4) is 0 Å². The molecular formula is C22H20F6N2O4. The third-order valence-electron chi connectivity index (χ3n) is 5.59.